The van der Waals surface area contributed by atoms with E-state index in [-0.39, 0.29) is 12.3 Å². The summed E-state index contributed by atoms with van der Waals surface area (Å²) in [7, 11) is 0. The fourth-order valence-electron chi connectivity index (χ4n) is 2.97. The molecule has 0 atom stereocenters. The zero-order valence-corrected chi connectivity index (χ0v) is 14.8. The Morgan fingerprint density at radius 1 is 1.33 bits per heavy atom. The maximum atomic E-state index is 12.5. The van der Waals surface area contributed by atoms with Gasteiger partial charge >= 0.3 is 5.97 Å². The van der Waals surface area contributed by atoms with Crippen molar-refractivity contribution in [2.24, 2.45) is 5.41 Å². The number of aliphatic carboxylic acids is 1. The van der Waals surface area contributed by atoms with Crippen LogP contribution in [0.4, 0.5) is 0 Å². The van der Waals surface area contributed by atoms with Crippen LogP contribution in [0.15, 0.2) is 27.1 Å². The molecule has 1 saturated heterocycles. The Morgan fingerprint density at radius 3 is 2.71 bits per heavy atom. The summed E-state index contributed by atoms with van der Waals surface area (Å²) in [6, 6.07) is 5.52. The van der Waals surface area contributed by atoms with Crippen LogP contribution in [0.3, 0.4) is 0 Å². The van der Waals surface area contributed by atoms with Crippen LogP contribution in [0.2, 0.25) is 0 Å². The average Bonchev–Trinajstić information content (AvgIpc) is 2.90. The number of hydrogen-bond donors (Lipinski definition) is 2. The van der Waals surface area contributed by atoms with Gasteiger partial charge in [-0.05, 0) is 38.0 Å². The summed E-state index contributed by atoms with van der Waals surface area (Å²) in [4.78, 5) is 24.1. The minimum atomic E-state index is -0.975. The Morgan fingerprint density at radius 2 is 2.04 bits per heavy atom. The zero-order valence-electron chi connectivity index (χ0n) is 13.2. The summed E-state index contributed by atoms with van der Waals surface area (Å²) in [5.74, 6) is -1.08. The van der Waals surface area contributed by atoms with E-state index in [1.165, 1.54) is 0 Å². The SMILES string of the molecule is Cc1c(C(=O)NCC2(C(=O)O)CCOCC2)oc2ccc(Br)cc12. The largest absolute Gasteiger partial charge is 0.481 e. The minimum absolute atomic E-state index is 0.0602. The number of benzene rings is 1. The number of fused-ring (bicyclic) bond motifs is 1. The molecule has 6 nitrogen and oxygen atoms in total. The van der Waals surface area contributed by atoms with Gasteiger partial charge < -0.3 is 19.6 Å². The van der Waals surface area contributed by atoms with E-state index in [4.69, 9.17) is 9.15 Å². The Hall–Kier alpha value is -1.86. The van der Waals surface area contributed by atoms with E-state index in [0.717, 1.165) is 15.4 Å². The molecule has 1 amide bonds. The van der Waals surface area contributed by atoms with Crippen molar-refractivity contribution in [2.45, 2.75) is 19.8 Å². The van der Waals surface area contributed by atoms with Gasteiger partial charge in [-0.1, -0.05) is 15.9 Å². The van der Waals surface area contributed by atoms with E-state index in [1.807, 2.05) is 19.1 Å². The maximum Gasteiger partial charge on any atom is 0.311 e. The van der Waals surface area contributed by atoms with Crippen LogP contribution < -0.4 is 5.32 Å². The number of halogens is 1. The second-order valence-electron chi connectivity index (χ2n) is 6.08. The summed E-state index contributed by atoms with van der Waals surface area (Å²) in [5, 5.41) is 13.1. The molecule has 2 aromatic rings. The normalized spacial score (nSPS) is 16.9. The van der Waals surface area contributed by atoms with E-state index < -0.39 is 17.3 Å². The first-order valence-corrected chi connectivity index (χ1v) is 8.50. The third-order valence-corrected chi connectivity index (χ3v) is 5.09. The maximum absolute atomic E-state index is 12.5. The first-order chi connectivity index (χ1) is 11.4. The first-order valence-electron chi connectivity index (χ1n) is 7.71. The topological polar surface area (TPSA) is 88.8 Å². The molecule has 1 aliphatic rings. The highest BCUT2D eigenvalue weighted by molar-refractivity contribution is 9.10. The summed E-state index contributed by atoms with van der Waals surface area (Å²) in [5.41, 5.74) is 0.386. The number of nitrogens with one attached hydrogen (secondary N) is 1. The van der Waals surface area contributed by atoms with Crippen molar-refractivity contribution < 1.29 is 23.8 Å². The van der Waals surface area contributed by atoms with E-state index in [0.29, 0.717) is 31.6 Å². The second-order valence-corrected chi connectivity index (χ2v) is 6.99. The number of furan rings is 1. The van der Waals surface area contributed by atoms with Crippen LogP contribution in [0.25, 0.3) is 11.0 Å². The lowest BCUT2D eigenvalue weighted by atomic mass is 9.80. The summed E-state index contributed by atoms with van der Waals surface area (Å²) < 4.78 is 11.8. The minimum Gasteiger partial charge on any atom is -0.481 e. The number of amides is 1. The first kappa shape index (κ1) is 17.0. The standard InChI is InChI=1S/C17H18BrNO5/c1-10-12-8-11(18)2-3-13(12)24-14(10)15(20)19-9-17(16(21)22)4-6-23-7-5-17/h2-3,8H,4-7,9H2,1H3,(H,19,20)(H,21,22). The molecular weight excluding hydrogens is 378 g/mol. The van der Waals surface area contributed by atoms with Gasteiger partial charge in [0.25, 0.3) is 5.91 Å². The van der Waals surface area contributed by atoms with Gasteiger partial charge in [0.15, 0.2) is 5.76 Å². The molecule has 0 saturated carbocycles. The van der Waals surface area contributed by atoms with Crippen molar-refractivity contribution in [2.75, 3.05) is 19.8 Å². The highest BCUT2D eigenvalue weighted by Gasteiger charge is 2.40. The third kappa shape index (κ3) is 3.06. The molecule has 0 spiro atoms. The predicted octanol–water partition coefficient (Wildman–Crippen LogP) is 3.11. The monoisotopic (exact) mass is 395 g/mol. The summed E-state index contributed by atoms with van der Waals surface area (Å²) in [6.45, 7) is 2.65. The predicted molar refractivity (Wildman–Crippen MR) is 91.1 cm³/mol. The molecule has 2 N–H and O–H groups in total. The molecule has 3 rings (SSSR count). The molecule has 1 aromatic heterocycles. The lowest BCUT2D eigenvalue weighted by molar-refractivity contribution is -0.154. The van der Waals surface area contributed by atoms with Gasteiger partial charge in [0, 0.05) is 35.2 Å². The Labute approximate surface area is 147 Å². The molecule has 1 aliphatic heterocycles. The number of carboxylic acid groups (broad SMARTS) is 1. The lowest BCUT2D eigenvalue weighted by Crippen LogP contribution is -2.46. The summed E-state index contributed by atoms with van der Waals surface area (Å²) in [6.07, 6.45) is 0.767. The van der Waals surface area contributed by atoms with Crippen molar-refractivity contribution in [1.29, 1.82) is 0 Å². The Bertz CT molecular complexity index is 792. The van der Waals surface area contributed by atoms with Crippen molar-refractivity contribution in [3.05, 3.63) is 34.0 Å². The quantitative estimate of drug-likeness (QED) is 0.829. The molecule has 1 aromatic carbocycles. The van der Waals surface area contributed by atoms with Crippen LogP contribution in [0.5, 0.6) is 0 Å². The third-order valence-electron chi connectivity index (χ3n) is 4.60. The van der Waals surface area contributed by atoms with Crippen LogP contribution in [0, 0.1) is 12.3 Å². The highest BCUT2D eigenvalue weighted by atomic mass is 79.9. The van der Waals surface area contributed by atoms with Gasteiger partial charge in [-0.2, -0.15) is 0 Å². The van der Waals surface area contributed by atoms with Gasteiger partial charge in [0.2, 0.25) is 0 Å². The van der Waals surface area contributed by atoms with E-state index in [1.54, 1.807) is 6.07 Å². The number of aryl methyl sites for hydroxylation is 1. The van der Waals surface area contributed by atoms with Crippen molar-refractivity contribution in [3.8, 4) is 0 Å². The van der Waals surface area contributed by atoms with Crippen LogP contribution in [-0.2, 0) is 9.53 Å². The Balaban J connectivity index is 1.80. The van der Waals surface area contributed by atoms with Gasteiger partial charge in [-0.25, -0.2) is 0 Å². The fraction of sp³-hybridized carbons (Fsp3) is 0.412. The number of ether oxygens (including phenoxy) is 1. The molecule has 0 radical (unpaired) electrons. The molecular formula is C17H18BrNO5. The van der Waals surface area contributed by atoms with Gasteiger partial charge in [-0.3, -0.25) is 9.59 Å². The van der Waals surface area contributed by atoms with Crippen molar-refractivity contribution >= 4 is 38.8 Å². The fourth-order valence-corrected chi connectivity index (χ4v) is 3.33. The second kappa shape index (κ2) is 6.57. The van der Waals surface area contributed by atoms with E-state index in [9.17, 15) is 14.7 Å². The van der Waals surface area contributed by atoms with Crippen LogP contribution in [-0.4, -0.2) is 36.7 Å². The van der Waals surface area contributed by atoms with Crippen LogP contribution >= 0.6 is 15.9 Å². The molecule has 2 heterocycles. The zero-order chi connectivity index (χ0) is 17.3. The molecule has 0 aliphatic carbocycles. The highest BCUT2D eigenvalue weighted by Crippen LogP contribution is 2.31. The number of carbonyl (C=O) groups excluding carboxylic acids is 1. The molecule has 0 bridgehead atoms. The number of hydrogen-bond acceptors (Lipinski definition) is 4. The number of carbonyl (C=O) groups is 2. The lowest BCUT2D eigenvalue weighted by Gasteiger charge is -2.32. The molecule has 1 fully saturated rings. The van der Waals surface area contributed by atoms with Gasteiger partial charge in [0.05, 0.1) is 5.41 Å². The molecule has 7 heteroatoms. The Kier molecular flexibility index (Phi) is 4.64. The molecule has 128 valence electrons. The van der Waals surface area contributed by atoms with Gasteiger partial charge in [0.1, 0.15) is 5.58 Å². The average molecular weight is 396 g/mol. The van der Waals surface area contributed by atoms with Crippen molar-refractivity contribution in [1.82, 2.24) is 5.32 Å². The summed E-state index contributed by atoms with van der Waals surface area (Å²) >= 11 is 3.40. The molecule has 0 unspecified atom stereocenters. The molecule has 24 heavy (non-hydrogen) atoms. The number of carboxylic acids is 1. The van der Waals surface area contributed by atoms with Gasteiger partial charge in [-0.15, -0.1) is 0 Å². The number of rotatable bonds is 4. The van der Waals surface area contributed by atoms with E-state index >= 15 is 0 Å². The van der Waals surface area contributed by atoms with Crippen molar-refractivity contribution in [3.63, 3.8) is 0 Å². The smallest absolute Gasteiger partial charge is 0.311 e. The van der Waals surface area contributed by atoms with E-state index in [2.05, 4.69) is 21.2 Å². The van der Waals surface area contributed by atoms with Crippen LogP contribution in [0.1, 0.15) is 29.0 Å².